The van der Waals surface area contributed by atoms with Crippen LogP contribution in [0.2, 0.25) is 5.02 Å². The summed E-state index contributed by atoms with van der Waals surface area (Å²) in [6, 6.07) is 5.94. The maximum Gasteiger partial charge on any atom is 0.255 e. The molecule has 0 saturated heterocycles. The van der Waals surface area contributed by atoms with Gasteiger partial charge < -0.3 is 10.6 Å². The Hall–Kier alpha value is -3.45. The molecule has 0 fully saturated rings. The Balaban J connectivity index is 1.77. The average molecular weight is 513 g/mol. The summed E-state index contributed by atoms with van der Waals surface area (Å²) < 4.78 is 49.5. The Morgan fingerprint density at radius 3 is 2.47 bits per heavy atom. The van der Waals surface area contributed by atoms with Gasteiger partial charge in [-0.3, -0.25) is 9.59 Å². The van der Waals surface area contributed by atoms with Gasteiger partial charge in [0.15, 0.2) is 21.5 Å². The van der Waals surface area contributed by atoms with Crippen LogP contribution < -0.4 is 10.6 Å². The van der Waals surface area contributed by atoms with Crippen LogP contribution in [0.5, 0.6) is 0 Å². The summed E-state index contributed by atoms with van der Waals surface area (Å²) in [5.74, 6) is -0.732. The number of carbonyl (C=O) groups excluding carboxylic acids is 2. The molecule has 2 N–H and O–H groups in total. The smallest absolute Gasteiger partial charge is 0.255 e. The highest BCUT2D eigenvalue weighted by Gasteiger charge is 2.20. The van der Waals surface area contributed by atoms with Gasteiger partial charge in [0.05, 0.1) is 23.0 Å². The quantitative estimate of drug-likeness (QED) is 0.472. The molecule has 2 amide bonds. The zero-order valence-electron chi connectivity index (χ0n) is 17.9. The molecule has 0 unspecified atom stereocenters. The first-order valence-corrected chi connectivity index (χ1v) is 12.0. The third kappa shape index (κ3) is 6.11. The van der Waals surface area contributed by atoms with Crippen LogP contribution in [0.25, 0.3) is 5.82 Å². The number of rotatable bonds is 8. The van der Waals surface area contributed by atoms with Gasteiger partial charge >= 0.3 is 0 Å². The van der Waals surface area contributed by atoms with Gasteiger partial charge in [0.25, 0.3) is 18.2 Å². The Kier molecular flexibility index (Phi) is 7.57. The van der Waals surface area contributed by atoms with Crippen molar-refractivity contribution in [2.45, 2.75) is 24.3 Å². The largest absolute Gasteiger partial charge is 0.346 e. The lowest BCUT2D eigenvalue weighted by molar-refractivity contribution is 0.0890. The lowest BCUT2D eigenvalue weighted by Crippen LogP contribution is -2.29. The summed E-state index contributed by atoms with van der Waals surface area (Å²) in [4.78, 5) is 32.8. The Bertz CT molecular complexity index is 1310. The number of amides is 2. The van der Waals surface area contributed by atoms with Gasteiger partial charge in [0.2, 0.25) is 0 Å². The third-order valence-electron chi connectivity index (χ3n) is 4.51. The number of carbonyl (C=O) groups is 2. The Labute approximate surface area is 198 Å². The van der Waals surface area contributed by atoms with Crippen LogP contribution in [0.3, 0.4) is 0 Å². The maximum absolute atomic E-state index is 12.7. The van der Waals surface area contributed by atoms with Gasteiger partial charge in [-0.1, -0.05) is 11.6 Å². The minimum Gasteiger partial charge on any atom is -0.346 e. The molecule has 3 rings (SSSR count). The number of alkyl halides is 2. The standard InChI is InChI=1S/C20H19ClF2N6O4S/c1-11(28-20(31)13-5-14(21)7-15(6-13)34(2,32)33)18-26-10-27-29(18)17-4-3-12(8-24-17)19(30)25-9-16(22)23/h3-8,10-11,16H,9H2,1-2H3,(H,25,30)(H,28,31)/t11-/m1/s1. The molecule has 0 aliphatic carbocycles. The highest BCUT2D eigenvalue weighted by molar-refractivity contribution is 7.90. The van der Waals surface area contributed by atoms with Crippen LogP contribution in [-0.2, 0) is 9.84 Å². The molecule has 0 aliphatic heterocycles. The highest BCUT2D eigenvalue weighted by Crippen LogP contribution is 2.20. The van der Waals surface area contributed by atoms with Gasteiger partial charge in [0, 0.05) is 23.0 Å². The first kappa shape index (κ1) is 25.2. The van der Waals surface area contributed by atoms with E-state index in [0.717, 1.165) is 6.26 Å². The summed E-state index contributed by atoms with van der Waals surface area (Å²) in [6.45, 7) is 0.857. The van der Waals surface area contributed by atoms with Crippen LogP contribution in [0.1, 0.15) is 39.5 Å². The van der Waals surface area contributed by atoms with Crippen molar-refractivity contribution >= 4 is 33.3 Å². The van der Waals surface area contributed by atoms with E-state index in [1.807, 2.05) is 0 Å². The molecule has 2 aromatic heterocycles. The molecule has 1 atom stereocenters. The van der Waals surface area contributed by atoms with Crippen LogP contribution in [-0.4, -0.2) is 59.2 Å². The molecular formula is C20H19ClF2N6O4S. The van der Waals surface area contributed by atoms with Crippen LogP contribution >= 0.6 is 11.6 Å². The van der Waals surface area contributed by atoms with Gasteiger partial charge in [0.1, 0.15) is 6.33 Å². The van der Waals surface area contributed by atoms with E-state index in [4.69, 9.17) is 11.6 Å². The first-order valence-electron chi connectivity index (χ1n) is 9.70. The van der Waals surface area contributed by atoms with Gasteiger partial charge in [-0.25, -0.2) is 27.2 Å². The zero-order valence-corrected chi connectivity index (χ0v) is 19.4. The fourth-order valence-corrected chi connectivity index (χ4v) is 3.87. The Morgan fingerprint density at radius 2 is 1.85 bits per heavy atom. The van der Waals surface area contributed by atoms with Crippen molar-refractivity contribution in [2.75, 3.05) is 12.8 Å². The van der Waals surface area contributed by atoms with Crippen molar-refractivity contribution in [1.82, 2.24) is 30.4 Å². The molecule has 2 heterocycles. The highest BCUT2D eigenvalue weighted by atomic mass is 35.5. The molecule has 0 spiro atoms. The van der Waals surface area contributed by atoms with Crippen molar-refractivity contribution < 1.29 is 26.8 Å². The number of hydrogen-bond acceptors (Lipinski definition) is 7. The summed E-state index contributed by atoms with van der Waals surface area (Å²) >= 11 is 5.97. The van der Waals surface area contributed by atoms with E-state index in [2.05, 4.69) is 25.7 Å². The number of hydrogen-bond donors (Lipinski definition) is 2. The average Bonchev–Trinajstić information content (AvgIpc) is 3.26. The molecule has 0 saturated carbocycles. The lowest BCUT2D eigenvalue weighted by Gasteiger charge is -2.15. The molecule has 0 radical (unpaired) electrons. The lowest BCUT2D eigenvalue weighted by atomic mass is 10.2. The van der Waals surface area contributed by atoms with Crippen LogP contribution in [0.4, 0.5) is 8.78 Å². The molecular weight excluding hydrogens is 494 g/mol. The van der Waals surface area contributed by atoms with Crippen molar-refractivity contribution in [1.29, 1.82) is 0 Å². The van der Waals surface area contributed by atoms with Gasteiger partial charge in [-0.15, -0.1) is 0 Å². The van der Waals surface area contributed by atoms with Crippen LogP contribution in [0.15, 0.2) is 47.8 Å². The van der Waals surface area contributed by atoms with Crippen molar-refractivity contribution in [2.24, 2.45) is 0 Å². The van der Waals surface area contributed by atoms with E-state index in [9.17, 15) is 26.8 Å². The molecule has 0 bridgehead atoms. The summed E-state index contributed by atoms with van der Waals surface area (Å²) in [7, 11) is -3.58. The monoisotopic (exact) mass is 512 g/mol. The summed E-state index contributed by atoms with van der Waals surface area (Å²) in [5.41, 5.74) is 0.123. The first-order chi connectivity index (χ1) is 16.0. The number of nitrogens with one attached hydrogen (secondary N) is 2. The van der Waals surface area contributed by atoms with E-state index < -0.39 is 40.7 Å². The van der Waals surface area contributed by atoms with E-state index in [1.165, 1.54) is 47.5 Å². The molecule has 10 nitrogen and oxygen atoms in total. The fourth-order valence-electron chi connectivity index (χ4n) is 2.89. The second-order valence-corrected chi connectivity index (χ2v) is 9.63. The number of aromatic nitrogens is 4. The van der Waals surface area contributed by atoms with E-state index >= 15 is 0 Å². The normalized spacial score (nSPS) is 12.4. The van der Waals surface area contributed by atoms with Crippen LogP contribution in [0, 0.1) is 0 Å². The van der Waals surface area contributed by atoms with E-state index in [0.29, 0.717) is 5.82 Å². The summed E-state index contributed by atoms with van der Waals surface area (Å²) in [6.07, 6.45) is 0.773. The molecule has 3 aromatic rings. The van der Waals surface area contributed by atoms with E-state index in [1.54, 1.807) is 6.92 Å². The SMILES string of the molecule is C[C@@H](NC(=O)c1cc(Cl)cc(S(C)(=O)=O)c1)c1ncnn1-c1ccc(C(=O)NCC(F)F)cn1. The fraction of sp³-hybridized carbons (Fsp3) is 0.250. The number of nitrogens with zero attached hydrogens (tertiary/aromatic N) is 4. The maximum atomic E-state index is 12.7. The Morgan fingerprint density at radius 1 is 1.12 bits per heavy atom. The number of halogens is 3. The molecule has 1 aromatic carbocycles. The molecule has 14 heteroatoms. The van der Waals surface area contributed by atoms with Gasteiger partial charge in [-0.2, -0.15) is 9.78 Å². The minimum atomic E-state index is -3.58. The summed E-state index contributed by atoms with van der Waals surface area (Å²) in [5, 5.41) is 8.93. The second kappa shape index (κ2) is 10.2. The predicted molar refractivity (Wildman–Crippen MR) is 118 cm³/mol. The third-order valence-corrected chi connectivity index (χ3v) is 5.82. The van der Waals surface area contributed by atoms with Gasteiger partial charge in [-0.05, 0) is 37.3 Å². The number of pyridine rings is 1. The zero-order chi connectivity index (χ0) is 25.0. The molecule has 34 heavy (non-hydrogen) atoms. The number of benzene rings is 1. The van der Waals surface area contributed by atoms with Crippen molar-refractivity contribution in [3.8, 4) is 5.82 Å². The second-order valence-electron chi connectivity index (χ2n) is 7.18. The van der Waals surface area contributed by atoms with E-state index in [-0.39, 0.29) is 26.9 Å². The topological polar surface area (TPSA) is 136 Å². The van der Waals surface area contributed by atoms with Crippen molar-refractivity contribution in [3.63, 3.8) is 0 Å². The number of sulfone groups is 1. The molecule has 180 valence electrons. The minimum absolute atomic E-state index is 0.0446. The molecule has 0 aliphatic rings. The van der Waals surface area contributed by atoms with Crippen molar-refractivity contribution in [3.05, 3.63) is 64.8 Å². The predicted octanol–water partition coefficient (Wildman–Crippen LogP) is 2.21.